The van der Waals surface area contributed by atoms with Crippen molar-refractivity contribution in [2.75, 3.05) is 18.1 Å². The second-order valence-corrected chi connectivity index (χ2v) is 5.55. The lowest BCUT2D eigenvalue weighted by Crippen LogP contribution is -2.25. The van der Waals surface area contributed by atoms with E-state index in [0.29, 0.717) is 25.3 Å². The summed E-state index contributed by atoms with van der Waals surface area (Å²) < 4.78 is 5.69. The first kappa shape index (κ1) is 15.1. The minimum absolute atomic E-state index is 0.103. The molecule has 0 aromatic heterocycles. The highest BCUT2D eigenvalue weighted by Crippen LogP contribution is 2.25. The van der Waals surface area contributed by atoms with Crippen molar-refractivity contribution in [2.24, 2.45) is 5.92 Å². The van der Waals surface area contributed by atoms with Crippen molar-refractivity contribution >= 4 is 17.6 Å². The SMILES string of the molecule is O=C(O)c1ccc(OC[C@@H]2CC(=O)N(c3ccccc3)C2)cc1. The molecule has 1 aliphatic heterocycles. The molecule has 0 aliphatic carbocycles. The van der Waals surface area contributed by atoms with Crippen LogP contribution in [0, 0.1) is 5.92 Å². The lowest BCUT2D eigenvalue weighted by Gasteiger charge is -2.17. The first-order valence-electron chi connectivity index (χ1n) is 7.45. The lowest BCUT2D eigenvalue weighted by atomic mass is 10.1. The van der Waals surface area contributed by atoms with E-state index in [0.717, 1.165) is 5.69 Å². The highest BCUT2D eigenvalue weighted by molar-refractivity contribution is 5.95. The van der Waals surface area contributed by atoms with Crippen LogP contribution in [-0.2, 0) is 4.79 Å². The second kappa shape index (κ2) is 6.52. The Morgan fingerprint density at radius 2 is 1.83 bits per heavy atom. The van der Waals surface area contributed by atoms with Crippen molar-refractivity contribution in [1.82, 2.24) is 0 Å². The van der Waals surface area contributed by atoms with Gasteiger partial charge in [-0.05, 0) is 36.4 Å². The Morgan fingerprint density at radius 1 is 1.13 bits per heavy atom. The molecule has 2 aromatic rings. The van der Waals surface area contributed by atoms with E-state index in [9.17, 15) is 9.59 Å². The lowest BCUT2D eigenvalue weighted by molar-refractivity contribution is -0.117. The third kappa shape index (κ3) is 3.51. The maximum atomic E-state index is 12.1. The molecular weight excluding hydrogens is 294 g/mol. The molecule has 1 aliphatic rings. The van der Waals surface area contributed by atoms with Crippen molar-refractivity contribution in [3.63, 3.8) is 0 Å². The van der Waals surface area contributed by atoms with Crippen LogP contribution in [0.5, 0.6) is 5.75 Å². The average Bonchev–Trinajstić information content (AvgIpc) is 2.95. The summed E-state index contributed by atoms with van der Waals surface area (Å²) in [6.45, 7) is 1.07. The number of ether oxygens (including phenoxy) is 1. The number of nitrogens with zero attached hydrogens (tertiary/aromatic N) is 1. The number of carbonyl (C=O) groups excluding carboxylic acids is 1. The predicted molar refractivity (Wildman–Crippen MR) is 85.8 cm³/mol. The maximum Gasteiger partial charge on any atom is 0.335 e. The number of carboxylic acids is 1. The van der Waals surface area contributed by atoms with E-state index < -0.39 is 5.97 Å². The van der Waals surface area contributed by atoms with Gasteiger partial charge < -0.3 is 14.7 Å². The van der Waals surface area contributed by atoms with E-state index in [1.54, 1.807) is 17.0 Å². The van der Waals surface area contributed by atoms with Crippen molar-refractivity contribution in [3.05, 3.63) is 60.2 Å². The summed E-state index contributed by atoms with van der Waals surface area (Å²) in [5, 5.41) is 8.86. The molecule has 1 atom stereocenters. The summed E-state index contributed by atoms with van der Waals surface area (Å²) in [6.07, 6.45) is 0.460. The molecule has 0 spiro atoms. The summed E-state index contributed by atoms with van der Waals surface area (Å²) >= 11 is 0. The molecule has 3 rings (SSSR count). The molecular formula is C18H17NO4. The molecule has 1 N–H and O–H groups in total. The molecule has 5 nitrogen and oxygen atoms in total. The van der Waals surface area contributed by atoms with Gasteiger partial charge in [0.05, 0.1) is 12.2 Å². The number of aromatic carboxylic acids is 1. The number of hydrogen-bond acceptors (Lipinski definition) is 3. The van der Waals surface area contributed by atoms with Crippen LogP contribution in [0.3, 0.4) is 0 Å². The standard InChI is InChI=1S/C18H17NO4/c20-17-10-13(11-19(17)15-4-2-1-3-5-15)12-23-16-8-6-14(7-9-16)18(21)22/h1-9,13H,10-12H2,(H,21,22)/t13-/m1/s1. The molecule has 1 fully saturated rings. The van der Waals surface area contributed by atoms with E-state index in [-0.39, 0.29) is 17.4 Å². The second-order valence-electron chi connectivity index (χ2n) is 5.55. The van der Waals surface area contributed by atoms with E-state index >= 15 is 0 Å². The zero-order valence-corrected chi connectivity index (χ0v) is 12.5. The van der Waals surface area contributed by atoms with Crippen LogP contribution in [0.15, 0.2) is 54.6 Å². The number of carboxylic acid groups (broad SMARTS) is 1. The molecule has 118 valence electrons. The summed E-state index contributed by atoms with van der Waals surface area (Å²) in [5.41, 5.74) is 1.13. The van der Waals surface area contributed by atoms with Gasteiger partial charge >= 0.3 is 5.97 Å². The number of carbonyl (C=O) groups is 2. The van der Waals surface area contributed by atoms with Crippen molar-refractivity contribution in [3.8, 4) is 5.75 Å². The number of amides is 1. The topological polar surface area (TPSA) is 66.8 Å². The Labute approximate surface area is 134 Å². The predicted octanol–water partition coefficient (Wildman–Crippen LogP) is 2.82. The van der Waals surface area contributed by atoms with E-state index in [1.165, 1.54) is 12.1 Å². The zero-order chi connectivity index (χ0) is 16.2. The summed E-state index contributed by atoms with van der Waals surface area (Å²) in [7, 11) is 0. The van der Waals surface area contributed by atoms with Gasteiger partial charge in [-0.25, -0.2) is 4.79 Å². The fourth-order valence-corrected chi connectivity index (χ4v) is 2.66. The molecule has 2 aromatic carbocycles. The Hall–Kier alpha value is -2.82. The zero-order valence-electron chi connectivity index (χ0n) is 12.5. The molecule has 1 heterocycles. The van der Waals surface area contributed by atoms with Crippen LogP contribution in [0.1, 0.15) is 16.8 Å². The Kier molecular flexibility index (Phi) is 4.28. The van der Waals surface area contributed by atoms with Crippen LogP contribution in [-0.4, -0.2) is 30.1 Å². The van der Waals surface area contributed by atoms with Gasteiger partial charge in [0, 0.05) is 24.6 Å². The Morgan fingerprint density at radius 3 is 2.48 bits per heavy atom. The van der Waals surface area contributed by atoms with Gasteiger partial charge in [0.1, 0.15) is 5.75 Å². The number of hydrogen-bond donors (Lipinski definition) is 1. The third-order valence-corrected chi connectivity index (χ3v) is 3.86. The van der Waals surface area contributed by atoms with Crippen LogP contribution >= 0.6 is 0 Å². The smallest absolute Gasteiger partial charge is 0.335 e. The van der Waals surface area contributed by atoms with Crippen LogP contribution in [0.2, 0.25) is 0 Å². The third-order valence-electron chi connectivity index (χ3n) is 3.86. The average molecular weight is 311 g/mol. The van der Waals surface area contributed by atoms with Crippen molar-refractivity contribution in [2.45, 2.75) is 6.42 Å². The highest BCUT2D eigenvalue weighted by atomic mass is 16.5. The molecule has 0 radical (unpaired) electrons. The van der Waals surface area contributed by atoms with Gasteiger partial charge in [0.15, 0.2) is 0 Å². The van der Waals surface area contributed by atoms with Crippen LogP contribution < -0.4 is 9.64 Å². The Bertz CT molecular complexity index is 697. The fraction of sp³-hybridized carbons (Fsp3) is 0.222. The molecule has 1 saturated heterocycles. The minimum Gasteiger partial charge on any atom is -0.493 e. The van der Waals surface area contributed by atoms with E-state index in [1.807, 2.05) is 30.3 Å². The van der Waals surface area contributed by atoms with Gasteiger partial charge in [-0.1, -0.05) is 18.2 Å². The monoisotopic (exact) mass is 311 g/mol. The molecule has 5 heteroatoms. The molecule has 0 unspecified atom stereocenters. The van der Waals surface area contributed by atoms with Crippen LogP contribution in [0.25, 0.3) is 0 Å². The first-order valence-corrected chi connectivity index (χ1v) is 7.45. The summed E-state index contributed by atoms with van der Waals surface area (Å²) in [5.74, 6) is -0.120. The molecule has 0 saturated carbocycles. The Balaban J connectivity index is 1.57. The van der Waals surface area contributed by atoms with Gasteiger partial charge in [0.2, 0.25) is 5.91 Å². The van der Waals surface area contributed by atoms with E-state index in [2.05, 4.69) is 0 Å². The maximum absolute atomic E-state index is 12.1. The van der Waals surface area contributed by atoms with Crippen molar-refractivity contribution in [1.29, 1.82) is 0 Å². The highest BCUT2D eigenvalue weighted by Gasteiger charge is 2.30. The largest absolute Gasteiger partial charge is 0.493 e. The van der Waals surface area contributed by atoms with Gasteiger partial charge in [-0.15, -0.1) is 0 Å². The molecule has 23 heavy (non-hydrogen) atoms. The van der Waals surface area contributed by atoms with Gasteiger partial charge in [0.25, 0.3) is 0 Å². The minimum atomic E-state index is -0.962. The normalized spacial score (nSPS) is 17.3. The van der Waals surface area contributed by atoms with Crippen LogP contribution in [0.4, 0.5) is 5.69 Å². The van der Waals surface area contributed by atoms with Gasteiger partial charge in [-0.2, -0.15) is 0 Å². The van der Waals surface area contributed by atoms with Gasteiger partial charge in [-0.3, -0.25) is 4.79 Å². The summed E-state index contributed by atoms with van der Waals surface area (Å²) in [6, 6.07) is 15.9. The molecule has 1 amide bonds. The quantitative estimate of drug-likeness (QED) is 0.922. The fourth-order valence-electron chi connectivity index (χ4n) is 2.66. The number of rotatable bonds is 5. The first-order chi connectivity index (χ1) is 11.1. The molecule has 0 bridgehead atoms. The summed E-state index contributed by atoms with van der Waals surface area (Å²) in [4.78, 5) is 24.7. The van der Waals surface area contributed by atoms with E-state index in [4.69, 9.17) is 9.84 Å². The number of anilines is 1. The van der Waals surface area contributed by atoms with Crippen molar-refractivity contribution < 1.29 is 19.4 Å². The number of para-hydroxylation sites is 1. The number of benzene rings is 2.